The average molecular weight is 249 g/mol. The van der Waals surface area contributed by atoms with Gasteiger partial charge in [0.2, 0.25) is 0 Å². The van der Waals surface area contributed by atoms with E-state index in [4.69, 9.17) is 9.47 Å². The summed E-state index contributed by atoms with van der Waals surface area (Å²) in [7, 11) is 0. The number of ether oxygens (including phenoxy) is 2. The van der Waals surface area contributed by atoms with Gasteiger partial charge in [-0.25, -0.2) is 0 Å². The molecular weight excluding hydrogens is 230 g/mol. The molecule has 0 saturated carbocycles. The summed E-state index contributed by atoms with van der Waals surface area (Å²) in [6.45, 7) is 4.58. The van der Waals surface area contributed by atoms with Gasteiger partial charge in [0.15, 0.2) is 0 Å². The van der Waals surface area contributed by atoms with Gasteiger partial charge in [-0.1, -0.05) is 12.1 Å². The quantitative estimate of drug-likeness (QED) is 0.892. The van der Waals surface area contributed by atoms with Crippen LogP contribution in [0.15, 0.2) is 24.3 Å². The minimum Gasteiger partial charge on any atom is -0.489 e. The van der Waals surface area contributed by atoms with E-state index in [0.29, 0.717) is 18.0 Å². The first-order valence-corrected chi connectivity index (χ1v) is 6.35. The lowest BCUT2D eigenvalue weighted by atomic mass is 10.2. The molecule has 0 aromatic heterocycles. The lowest BCUT2D eigenvalue weighted by molar-refractivity contribution is -0.124. The molecule has 0 radical (unpaired) electrons. The van der Waals surface area contributed by atoms with Crippen molar-refractivity contribution in [1.82, 2.24) is 0 Å². The smallest absolute Gasteiger partial charge is 0.253 e. The summed E-state index contributed by atoms with van der Waals surface area (Å²) < 4.78 is 11.0. The molecule has 1 amide bonds. The van der Waals surface area contributed by atoms with Gasteiger partial charge >= 0.3 is 0 Å². The fraction of sp³-hybridized carbons (Fsp3) is 0.500. The van der Waals surface area contributed by atoms with Crippen molar-refractivity contribution in [2.45, 2.75) is 38.9 Å². The van der Waals surface area contributed by atoms with Crippen molar-refractivity contribution < 1.29 is 14.3 Å². The number of hydrogen-bond donors (Lipinski definition) is 1. The van der Waals surface area contributed by atoms with E-state index in [9.17, 15) is 4.79 Å². The van der Waals surface area contributed by atoms with Crippen molar-refractivity contribution in [2.75, 3.05) is 11.9 Å². The van der Waals surface area contributed by atoms with Gasteiger partial charge in [0.1, 0.15) is 11.9 Å². The minimum absolute atomic E-state index is 0.0748. The first kappa shape index (κ1) is 12.9. The van der Waals surface area contributed by atoms with Crippen molar-refractivity contribution in [3.63, 3.8) is 0 Å². The number of carbonyl (C=O) groups excluding carboxylic acids is 1. The molecule has 0 bridgehead atoms. The maximum absolute atomic E-state index is 12.0. The molecule has 1 fully saturated rings. The fourth-order valence-corrected chi connectivity index (χ4v) is 1.92. The van der Waals surface area contributed by atoms with Crippen molar-refractivity contribution in [3.8, 4) is 5.75 Å². The molecule has 1 unspecified atom stereocenters. The first-order valence-electron chi connectivity index (χ1n) is 6.35. The molecular formula is C14H19NO3. The molecule has 1 heterocycles. The summed E-state index contributed by atoms with van der Waals surface area (Å²) in [6.07, 6.45) is 1.49. The third kappa shape index (κ3) is 3.23. The van der Waals surface area contributed by atoms with Crippen LogP contribution in [0.2, 0.25) is 0 Å². The molecule has 4 nitrogen and oxygen atoms in total. The largest absolute Gasteiger partial charge is 0.489 e. The summed E-state index contributed by atoms with van der Waals surface area (Å²) in [5.41, 5.74) is 0.701. The third-order valence-electron chi connectivity index (χ3n) is 2.73. The molecule has 1 aromatic carbocycles. The number of rotatable bonds is 4. The molecule has 98 valence electrons. The standard InChI is InChI=1S/C14H19NO3/c1-10(2)18-12-7-4-3-6-11(12)15-14(16)13-8-5-9-17-13/h3-4,6-7,10,13H,5,8-9H2,1-2H3,(H,15,16). The second kappa shape index (κ2) is 5.87. The molecule has 1 N–H and O–H groups in total. The Hall–Kier alpha value is -1.55. The zero-order valence-corrected chi connectivity index (χ0v) is 10.8. The van der Waals surface area contributed by atoms with Gasteiger partial charge in [-0.15, -0.1) is 0 Å². The minimum atomic E-state index is -0.322. The number of carbonyl (C=O) groups is 1. The molecule has 0 aliphatic carbocycles. The Labute approximate surface area is 107 Å². The number of amides is 1. The zero-order chi connectivity index (χ0) is 13.0. The average Bonchev–Trinajstić information content (AvgIpc) is 2.84. The Balaban J connectivity index is 2.05. The van der Waals surface area contributed by atoms with Gasteiger partial charge in [0, 0.05) is 6.61 Å². The Bertz CT molecular complexity index is 411. The van der Waals surface area contributed by atoms with Crippen LogP contribution in [0.3, 0.4) is 0 Å². The van der Waals surface area contributed by atoms with Crippen LogP contribution in [-0.2, 0) is 9.53 Å². The van der Waals surface area contributed by atoms with E-state index in [2.05, 4.69) is 5.32 Å². The summed E-state index contributed by atoms with van der Waals surface area (Å²) in [5.74, 6) is 0.603. The Morgan fingerprint density at radius 3 is 2.89 bits per heavy atom. The number of benzene rings is 1. The summed E-state index contributed by atoms with van der Waals surface area (Å²) >= 11 is 0. The van der Waals surface area contributed by atoms with E-state index in [0.717, 1.165) is 12.8 Å². The van der Waals surface area contributed by atoms with Crippen molar-refractivity contribution in [3.05, 3.63) is 24.3 Å². The second-order valence-corrected chi connectivity index (χ2v) is 4.65. The highest BCUT2D eigenvalue weighted by Gasteiger charge is 2.24. The Morgan fingerprint density at radius 1 is 1.44 bits per heavy atom. The Kier molecular flexibility index (Phi) is 4.20. The predicted molar refractivity (Wildman–Crippen MR) is 69.8 cm³/mol. The maximum Gasteiger partial charge on any atom is 0.253 e. The highest BCUT2D eigenvalue weighted by Crippen LogP contribution is 2.25. The zero-order valence-electron chi connectivity index (χ0n) is 10.8. The van der Waals surface area contributed by atoms with E-state index < -0.39 is 0 Å². The van der Waals surface area contributed by atoms with Crippen LogP contribution in [0.5, 0.6) is 5.75 Å². The molecule has 18 heavy (non-hydrogen) atoms. The van der Waals surface area contributed by atoms with Crippen LogP contribution < -0.4 is 10.1 Å². The summed E-state index contributed by atoms with van der Waals surface area (Å²) in [6, 6.07) is 7.45. The topological polar surface area (TPSA) is 47.6 Å². The molecule has 4 heteroatoms. The van der Waals surface area contributed by atoms with E-state index >= 15 is 0 Å². The lowest BCUT2D eigenvalue weighted by Gasteiger charge is -2.16. The van der Waals surface area contributed by atoms with Crippen molar-refractivity contribution >= 4 is 11.6 Å². The van der Waals surface area contributed by atoms with Crippen LogP contribution in [0.4, 0.5) is 5.69 Å². The molecule has 0 spiro atoms. The highest BCUT2D eigenvalue weighted by atomic mass is 16.5. The summed E-state index contributed by atoms with van der Waals surface area (Å²) in [5, 5.41) is 2.87. The molecule has 1 aliphatic heterocycles. The van der Waals surface area contributed by atoms with Gasteiger partial charge in [0.05, 0.1) is 11.8 Å². The molecule has 1 saturated heterocycles. The number of hydrogen-bond acceptors (Lipinski definition) is 3. The van der Waals surface area contributed by atoms with Gasteiger partial charge in [0.25, 0.3) is 5.91 Å². The van der Waals surface area contributed by atoms with Crippen LogP contribution in [0.25, 0.3) is 0 Å². The van der Waals surface area contributed by atoms with Crippen LogP contribution in [0, 0.1) is 0 Å². The highest BCUT2D eigenvalue weighted by molar-refractivity contribution is 5.95. The first-order chi connectivity index (χ1) is 8.66. The lowest BCUT2D eigenvalue weighted by Crippen LogP contribution is -2.27. The molecule has 2 rings (SSSR count). The van der Waals surface area contributed by atoms with Gasteiger partial charge in [-0.05, 0) is 38.8 Å². The van der Waals surface area contributed by atoms with Crippen LogP contribution >= 0.6 is 0 Å². The second-order valence-electron chi connectivity index (χ2n) is 4.65. The van der Waals surface area contributed by atoms with Crippen molar-refractivity contribution in [2.24, 2.45) is 0 Å². The number of para-hydroxylation sites is 2. The van der Waals surface area contributed by atoms with E-state index in [1.54, 1.807) is 0 Å². The SMILES string of the molecule is CC(C)Oc1ccccc1NC(=O)C1CCCO1. The van der Waals surface area contributed by atoms with Gasteiger partial charge in [-0.2, -0.15) is 0 Å². The summed E-state index contributed by atoms with van der Waals surface area (Å²) in [4.78, 5) is 12.0. The van der Waals surface area contributed by atoms with Gasteiger partial charge < -0.3 is 14.8 Å². The van der Waals surface area contributed by atoms with Crippen LogP contribution in [0.1, 0.15) is 26.7 Å². The van der Waals surface area contributed by atoms with Crippen molar-refractivity contribution in [1.29, 1.82) is 0 Å². The van der Waals surface area contributed by atoms with E-state index in [1.165, 1.54) is 0 Å². The maximum atomic E-state index is 12.0. The van der Waals surface area contributed by atoms with E-state index in [-0.39, 0.29) is 18.1 Å². The fourth-order valence-electron chi connectivity index (χ4n) is 1.92. The van der Waals surface area contributed by atoms with Gasteiger partial charge in [-0.3, -0.25) is 4.79 Å². The normalized spacial score (nSPS) is 18.9. The third-order valence-corrected chi connectivity index (χ3v) is 2.73. The number of anilines is 1. The predicted octanol–water partition coefficient (Wildman–Crippen LogP) is 2.59. The molecule has 1 aliphatic rings. The van der Waals surface area contributed by atoms with E-state index in [1.807, 2.05) is 38.1 Å². The molecule has 1 aromatic rings. The monoisotopic (exact) mass is 249 g/mol. The number of nitrogens with one attached hydrogen (secondary N) is 1. The molecule has 1 atom stereocenters. The van der Waals surface area contributed by atoms with Crippen LogP contribution in [-0.4, -0.2) is 24.7 Å². The Morgan fingerprint density at radius 2 is 2.22 bits per heavy atom.